The molecule has 1 aromatic rings. The summed E-state index contributed by atoms with van der Waals surface area (Å²) in [5.74, 6) is 0. The van der Waals surface area contributed by atoms with E-state index in [0.29, 0.717) is 6.10 Å². The van der Waals surface area contributed by atoms with Gasteiger partial charge in [-0.25, -0.2) is 4.98 Å². The van der Waals surface area contributed by atoms with Crippen LogP contribution in [0.5, 0.6) is 0 Å². The second-order valence-corrected chi connectivity index (χ2v) is 5.12. The topological polar surface area (TPSA) is 25.4 Å². The monoisotopic (exact) mass is 276 g/mol. The van der Waals surface area contributed by atoms with Gasteiger partial charge in [-0.3, -0.25) is 0 Å². The van der Waals surface area contributed by atoms with Gasteiger partial charge in [0.15, 0.2) is 5.13 Å². The molecule has 1 fully saturated rings. The fourth-order valence-corrected chi connectivity index (χ4v) is 2.82. The van der Waals surface area contributed by atoms with E-state index in [1.54, 1.807) is 11.3 Å². The van der Waals surface area contributed by atoms with Gasteiger partial charge in [0.05, 0.1) is 6.10 Å². The Morgan fingerprint density at radius 3 is 3.21 bits per heavy atom. The summed E-state index contributed by atoms with van der Waals surface area (Å²) in [6.45, 7) is 1.86. The summed E-state index contributed by atoms with van der Waals surface area (Å²) in [5.41, 5.74) is 0. The minimum absolute atomic E-state index is 0.391. The fourth-order valence-electron chi connectivity index (χ4n) is 1.59. The summed E-state index contributed by atoms with van der Waals surface area (Å²) >= 11 is 5.01. The Bertz CT molecular complexity index is 299. The molecule has 14 heavy (non-hydrogen) atoms. The molecule has 1 unspecified atom stereocenters. The molecule has 3 nitrogen and oxygen atoms in total. The van der Waals surface area contributed by atoms with Crippen LogP contribution in [0, 0.1) is 0 Å². The van der Waals surface area contributed by atoms with Gasteiger partial charge in [-0.1, -0.05) is 0 Å². The van der Waals surface area contributed by atoms with Crippen molar-refractivity contribution in [2.24, 2.45) is 0 Å². The van der Waals surface area contributed by atoms with Gasteiger partial charge in [-0.2, -0.15) is 0 Å². The van der Waals surface area contributed by atoms with Crippen LogP contribution in [0.1, 0.15) is 12.8 Å². The van der Waals surface area contributed by atoms with E-state index in [2.05, 4.69) is 32.9 Å². The third-order valence-electron chi connectivity index (χ3n) is 2.29. The first-order valence-corrected chi connectivity index (χ1v) is 6.37. The maximum Gasteiger partial charge on any atom is 0.186 e. The highest BCUT2D eigenvalue weighted by molar-refractivity contribution is 9.10. The van der Waals surface area contributed by atoms with Gasteiger partial charge >= 0.3 is 0 Å². The maximum atomic E-state index is 5.58. The predicted molar refractivity (Wildman–Crippen MR) is 62.1 cm³/mol. The van der Waals surface area contributed by atoms with Crippen molar-refractivity contribution in [3.63, 3.8) is 0 Å². The van der Waals surface area contributed by atoms with E-state index in [4.69, 9.17) is 4.74 Å². The molecule has 1 atom stereocenters. The van der Waals surface area contributed by atoms with E-state index in [1.165, 1.54) is 12.8 Å². The smallest absolute Gasteiger partial charge is 0.186 e. The molecule has 1 saturated heterocycles. The first-order valence-electron chi connectivity index (χ1n) is 4.69. The van der Waals surface area contributed by atoms with Crippen LogP contribution in [-0.4, -0.2) is 31.3 Å². The summed E-state index contributed by atoms with van der Waals surface area (Å²) in [6, 6.07) is 0. The van der Waals surface area contributed by atoms with Crippen LogP contribution in [0.15, 0.2) is 9.98 Å². The van der Waals surface area contributed by atoms with Crippen LogP contribution in [0.3, 0.4) is 0 Å². The fraction of sp³-hybridized carbons (Fsp3) is 0.667. The number of ether oxygens (including phenoxy) is 1. The molecule has 2 rings (SSSR count). The van der Waals surface area contributed by atoms with Crippen molar-refractivity contribution < 1.29 is 4.74 Å². The van der Waals surface area contributed by atoms with E-state index in [9.17, 15) is 0 Å². The number of nitrogens with zero attached hydrogens (tertiary/aromatic N) is 2. The maximum absolute atomic E-state index is 5.58. The van der Waals surface area contributed by atoms with E-state index >= 15 is 0 Å². The van der Waals surface area contributed by atoms with E-state index < -0.39 is 0 Å². The van der Waals surface area contributed by atoms with Crippen molar-refractivity contribution in [1.82, 2.24) is 4.98 Å². The van der Waals surface area contributed by atoms with Gasteiger partial charge in [0.1, 0.15) is 4.60 Å². The molecule has 0 aromatic carbocycles. The first-order chi connectivity index (χ1) is 6.75. The second kappa shape index (κ2) is 4.59. The van der Waals surface area contributed by atoms with Crippen molar-refractivity contribution >= 4 is 32.4 Å². The van der Waals surface area contributed by atoms with Gasteiger partial charge in [0, 0.05) is 25.6 Å². The van der Waals surface area contributed by atoms with Crippen molar-refractivity contribution in [3.05, 3.63) is 9.98 Å². The number of hydrogen-bond acceptors (Lipinski definition) is 4. The van der Waals surface area contributed by atoms with E-state index in [0.717, 1.165) is 22.9 Å². The molecule has 0 N–H and O–H groups in total. The molecule has 1 aromatic heterocycles. The Labute approximate surface area is 96.2 Å². The van der Waals surface area contributed by atoms with Crippen LogP contribution in [-0.2, 0) is 4.74 Å². The highest BCUT2D eigenvalue weighted by Crippen LogP contribution is 2.24. The number of halogens is 1. The largest absolute Gasteiger partial charge is 0.376 e. The SMILES string of the molecule is CN(CC1CCCO1)c1nc(Br)cs1. The second-order valence-electron chi connectivity index (χ2n) is 3.47. The Morgan fingerprint density at radius 1 is 1.79 bits per heavy atom. The Hall–Kier alpha value is -0.130. The molecule has 0 bridgehead atoms. The number of aromatic nitrogens is 1. The normalized spacial score (nSPS) is 21.4. The highest BCUT2D eigenvalue weighted by atomic mass is 79.9. The molecule has 2 heterocycles. The zero-order valence-corrected chi connectivity index (χ0v) is 10.5. The lowest BCUT2D eigenvalue weighted by Gasteiger charge is -2.19. The Morgan fingerprint density at radius 2 is 2.64 bits per heavy atom. The summed E-state index contributed by atoms with van der Waals surface area (Å²) in [7, 11) is 2.06. The van der Waals surface area contributed by atoms with Crippen LogP contribution in [0.25, 0.3) is 0 Å². The minimum atomic E-state index is 0.391. The summed E-state index contributed by atoms with van der Waals surface area (Å²) in [6.07, 6.45) is 2.76. The molecule has 1 aliphatic rings. The molecule has 1 aliphatic heterocycles. The van der Waals surface area contributed by atoms with Gasteiger partial charge in [0.25, 0.3) is 0 Å². The molecular weight excluding hydrogens is 264 g/mol. The lowest BCUT2D eigenvalue weighted by Crippen LogP contribution is -2.28. The van der Waals surface area contributed by atoms with Gasteiger partial charge in [0.2, 0.25) is 0 Å². The molecule has 5 heteroatoms. The number of anilines is 1. The summed E-state index contributed by atoms with van der Waals surface area (Å²) in [5, 5.41) is 3.05. The van der Waals surface area contributed by atoms with Gasteiger partial charge in [-0.05, 0) is 28.8 Å². The molecule has 0 aliphatic carbocycles. The number of hydrogen-bond donors (Lipinski definition) is 0. The number of rotatable bonds is 3. The zero-order valence-electron chi connectivity index (χ0n) is 8.07. The number of thiazole rings is 1. The first kappa shape index (κ1) is 10.4. The van der Waals surface area contributed by atoms with Gasteiger partial charge in [-0.15, -0.1) is 11.3 Å². The third kappa shape index (κ3) is 2.46. The minimum Gasteiger partial charge on any atom is -0.376 e. The van der Waals surface area contributed by atoms with Crippen LogP contribution >= 0.6 is 27.3 Å². The Balaban J connectivity index is 1.91. The Kier molecular flexibility index (Phi) is 3.41. The average molecular weight is 277 g/mol. The van der Waals surface area contributed by atoms with Crippen LogP contribution in [0.2, 0.25) is 0 Å². The van der Waals surface area contributed by atoms with Crippen molar-refractivity contribution in [2.75, 3.05) is 25.1 Å². The molecule has 0 saturated carbocycles. The van der Waals surface area contributed by atoms with Gasteiger partial charge < -0.3 is 9.64 Å². The lowest BCUT2D eigenvalue weighted by atomic mass is 10.2. The predicted octanol–water partition coefficient (Wildman–Crippen LogP) is 2.52. The van der Waals surface area contributed by atoms with Crippen molar-refractivity contribution in [3.8, 4) is 0 Å². The molecule has 0 radical (unpaired) electrons. The number of likely N-dealkylation sites (N-methyl/N-ethyl adjacent to an activating group) is 1. The quantitative estimate of drug-likeness (QED) is 0.849. The third-order valence-corrected chi connectivity index (χ3v) is 3.96. The average Bonchev–Trinajstić information content (AvgIpc) is 2.75. The highest BCUT2D eigenvalue weighted by Gasteiger charge is 2.18. The van der Waals surface area contributed by atoms with E-state index in [1.807, 2.05) is 5.38 Å². The summed E-state index contributed by atoms with van der Waals surface area (Å²) < 4.78 is 6.49. The lowest BCUT2D eigenvalue weighted by molar-refractivity contribution is 0.116. The zero-order chi connectivity index (χ0) is 9.97. The standard InChI is InChI=1S/C9H13BrN2OS/c1-12(5-7-3-2-4-13-7)9-11-8(10)6-14-9/h6-7H,2-5H2,1H3. The molecular formula is C9H13BrN2OS. The van der Waals surface area contributed by atoms with Crippen LogP contribution in [0.4, 0.5) is 5.13 Å². The molecule has 0 amide bonds. The van der Waals surface area contributed by atoms with Crippen molar-refractivity contribution in [1.29, 1.82) is 0 Å². The van der Waals surface area contributed by atoms with E-state index in [-0.39, 0.29) is 0 Å². The summed E-state index contributed by atoms with van der Waals surface area (Å²) in [4.78, 5) is 6.52. The molecule has 78 valence electrons. The molecule has 0 spiro atoms. The van der Waals surface area contributed by atoms with Crippen LogP contribution < -0.4 is 4.90 Å². The van der Waals surface area contributed by atoms with Crippen molar-refractivity contribution in [2.45, 2.75) is 18.9 Å².